The van der Waals surface area contributed by atoms with Gasteiger partial charge in [-0.3, -0.25) is 4.98 Å². The SMILES string of the molecule is Cc1nc(-c2ccccc2)c(CO[Si](C)(C)C(C)(C)C)c2ccccc12. The highest BCUT2D eigenvalue weighted by Crippen LogP contribution is 2.38. The maximum atomic E-state index is 6.59. The number of benzene rings is 2. The number of fused-ring (bicyclic) bond motifs is 1. The van der Waals surface area contributed by atoms with Gasteiger partial charge in [-0.15, -0.1) is 0 Å². The first-order valence-electron chi connectivity index (χ1n) is 9.28. The summed E-state index contributed by atoms with van der Waals surface area (Å²) in [5.74, 6) is 0. The summed E-state index contributed by atoms with van der Waals surface area (Å²) in [7, 11) is -1.84. The van der Waals surface area contributed by atoms with E-state index in [1.54, 1.807) is 0 Å². The number of aromatic nitrogens is 1. The molecule has 0 aliphatic heterocycles. The lowest BCUT2D eigenvalue weighted by Crippen LogP contribution is -2.40. The summed E-state index contributed by atoms with van der Waals surface area (Å²) in [4.78, 5) is 4.97. The lowest BCUT2D eigenvalue weighted by molar-refractivity contribution is 0.278. The first-order chi connectivity index (χ1) is 12.2. The molecule has 0 saturated carbocycles. The number of hydrogen-bond acceptors (Lipinski definition) is 2. The number of nitrogens with zero attached hydrogens (tertiary/aromatic N) is 1. The highest BCUT2D eigenvalue weighted by molar-refractivity contribution is 6.74. The number of rotatable bonds is 4. The van der Waals surface area contributed by atoms with E-state index in [9.17, 15) is 0 Å². The molecule has 3 aromatic rings. The van der Waals surface area contributed by atoms with Gasteiger partial charge in [0.1, 0.15) is 0 Å². The van der Waals surface area contributed by atoms with E-state index in [-0.39, 0.29) is 5.04 Å². The van der Waals surface area contributed by atoms with Crippen LogP contribution in [-0.2, 0) is 11.0 Å². The molecule has 3 heteroatoms. The zero-order valence-electron chi connectivity index (χ0n) is 16.8. The van der Waals surface area contributed by atoms with Gasteiger partial charge in [0.15, 0.2) is 8.32 Å². The second-order valence-corrected chi connectivity index (χ2v) is 13.3. The Bertz CT molecular complexity index is 911. The molecule has 0 saturated heterocycles. The Labute approximate surface area is 158 Å². The van der Waals surface area contributed by atoms with Crippen LogP contribution in [0.15, 0.2) is 54.6 Å². The molecule has 0 radical (unpaired) electrons. The smallest absolute Gasteiger partial charge is 0.192 e. The molecule has 1 aromatic heterocycles. The van der Waals surface area contributed by atoms with Crippen molar-refractivity contribution in [2.24, 2.45) is 0 Å². The molecule has 0 spiro atoms. The van der Waals surface area contributed by atoms with Crippen molar-refractivity contribution in [3.8, 4) is 11.3 Å². The van der Waals surface area contributed by atoms with Crippen molar-refractivity contribution in [2.75, 3.05) is 0 Å². The van der Waals surface area contributed by atoms with E-state index in [1.807, 2.05) is 6.07 Å². The molecule has 0 aliphatic carbocycles. The van der Waals surface area contributed by atoms with E-state index in [1.165, 1.54) is 16.3 Å². The number of aryl methyl sites for hydroxylation is 1. The predicted molar refractivity (Wildman–Crippen MR) is 114 cm³/mol. The Morgan fingerprint density at radius 1 is 0.885 bits per heavy atom. The van der Waals surface area contributed by atoms with Gasteiger partial charge in [0.2, 0.25) is 0 Å². The summed E-state index contributed by atoms with van der Waals surface area (Å²) in [6, 6.07) is 19.0. The predicted octanol–water partition coefficient (Wildman–Crippen LogP) is 6.73. The fraction of sp³-hybridized carbons (Fsp3) is 0.348. The molecule has 136 valence electrons. The van der Waals surface area contributed by atoms with E-state index in [0.29, 0.717) is 6.61 Å². The third-order valence-electron chi connectivity index (χ3n) is 5.64. The molecule has 3 rings (SSSR count). The average Bonchev–Trinajstić information content (AvgIpc) is 2.60. The monoisotopic (exact) mass is 363 g/mol. The summed E-state index contributed by atoms with van der Waals surface area (Å²) in [5.41, 5.74) is 4.45. The first kappa shape index (κ1) is 18.8. The topological polar surface area (TPSA) is 22.1 Å². The van der Waals surface area contributed by atoms with Crippen LogP contribution in [0.2, 0.25) is 18.1 Å². The summed E-state index contributed by atoms with van der Waals surface area (Å²) < 4.78 is 6.59. The van der Waals surface area contributed by atoms with Gasteiger partial charge >= 0.3 is 0 Å². The third-order valence-corrected chi connectivity index (χ3v) is 10.1. The van der Waals surface area contributed by atoms with Gasteiger partial charge in [0, 0.05) is 22.2 Å². The van der Waals surface area contributed by atoms with Gasteiger partial charge in [0.25, 0.3) is 0 Å². The molecule has 26 heavy (non-hydrogen) atoms. The molecule has 0 fully saturated rings. The molecule has 0 amide bonds. The summed E-state index contributed by atoms with van der Waals surface area (Å²) >= 11 is 0. The van der Waals surface area contributed by atoms with E-state index in [2.05, 4.69) is 89.3 Å². The van der Waals surface area contributed by atoms with Gasteiger partial charge in [-0.25, -0.2) is 0 Å². The van der Waals surface area contributed by atoms with Gasteiger partial charge in [-0.1, -0.05) is 75.4 Å². The molecule has 0 N–H and O–H groups in total. The van der Waals surface area contributed by atoms with Crippen molar-refractivity contribution in [2.45, 2.75) is 52.4 Å². The minimum atomic E-state index is -1.84. The zero-order chi connectivity index (χ0) is 18.9. The Kier molecular flexibility index (Phi) is 5.04. The zero-order valence-corrected chi connectivity index (χ0v) is 17.8. The quantitative estimate of drug-likeness (QED) is 0.479. The van der Waals surface area contributed by atoms with Gasteiger partial charge in [0.05, 0.1) is 12.3 Å². The molecule has 0 bridgehead atoms. The van der Waals surface area contributed by atoms with Crippen molar-refractivity contribution in [3.05, 3.63) is 65.9 Å². The van der Waals surface area contributed by atoms with Crippen LogP contribution in [0.25, 0.3) is 22.0 Å². The fourth-order valence-corrected chi connectivity index (χ4v) is 3.87. The van der Waals surface area contributed by atoms with Crippen LogP contribution in [0.1, 0.15) is 32.0 Å². The average molecular weight is 364 g/mol. The second kappa shape index (κ2) is 6.97. The van der Waals surface area contributed by atoms with Gasteiger partial charge < -0.3 is 4.43 Å². The molecule has 2 nitrogen and oxygen atoms in total. The number of hydrogen-bond donors (Lipinski definition) is 0. The Hall–Kier alpha value is -1.97. The lowest BCUT2D eigenvalue weighted by atomic mass is 9.98. The van der Waals surface area contributed by atoms with Crippen LogP contribution in [0.4, 0.5) is 0 Å². The van der Waals surface area contributed by atoms with Crippen molar-refractivity contribution in [3.63, 3.8) is 0 Å². The normalized spacial score (nSPS) is 12.5. The number of pyridine rings is 1. The van der Waals surface area contributed by atoms with Crippen LogP contribution in [0, 0.1) is 6.92 Å². The van der Waals surface area contributed by atoms with Crippen LogP contribution in [-0.4, -0.2) is 13.3 Å². The maximum absolute atomic E-state index is 6.59. The van der Waals surface area contributed by atoms with Crippen molar-refractivity contribution in [1.29, 1.82) is 0 Å². The molecular weight excluding hydrogens is 334 g/mol. The highest BCUT2D eigenvalue weighted by Gasteiger charge is 2.37. The summed E-state index contributed by atoms with van der Waals surface area (Å²) in [6.45, 7) is 14.1. The van der Waals surface area contributed by atoms with Crippen LogP contribution >= 0.6 is 0 Å². The minimum Gasteiger partial charge on any atom is -0.412 e. The Balaban J connectivity index is 2.14. The molecule has 2 aromatic carbocycles. The molecule has 0 aliphatic rings. The second-order valence-electron chi connectivity index (χ2n) is 8.48. The fourth-order valence-electron chi connectivity index (χ4n) is 2.93. The molecule has 0 atom stereocenters. The van der Waals surface area contributed by atoms with Crippen molar-refractivity contribution >= 4 is 19.1 Å². The molecular formula is C23H29NOSi. The molecule has 0 unspecified atom stereocenters. The van der Waals surface area contributed by atoms with Crippen molar-refractivity contribution < 1.29 is 4.43 Å². The first-order valence-corrected chi connectivity index (χ1v) is 12.2. The minimum absolute atomic E-state index is 0.188. The summed E-state index contributed by atoms with van der Waals surface area (Å²) in [6.07, 6.45) is 0. The van der Waals surface area contributed by atoms with E-state index in [0.717, 1.165) is 17.0 Å². The largest absolute Gasteiger partial charge is 0.412 e. The Morgan fingerprint density at radius 3 is 2.08 bits per heavy atom. The Morgan fingerprint density at radius 2 is 1.46 bits per heavy atom. The lowest BCUT2D eigenvalue weighted by Gasteiger charge is -2.36. The molecule has 1 heterocycles. The van der Waals surface area contributed by atoms with Gasteiger partial charge in [-0.2, -0.15) is 0 Å². The summed E-state index contributed by atoms with van der Waals surface area (Å²) in [5, 5.41) is 2.65. The van der Waals surface area contributed by atoms with Crippen molar-refractivity contribution in [1.82, 2.24) is 4.98 Å². The van der Waals surface area contributed by atoms with E-state index < -0.39 is 8.32 Å². The van der Waals surface area contributed by atoms with E-state index in [4.69, 9.17) is 9.41 Å². The third kappa shape index (κ3) is 3.60. The van der Waals surface area contributed by atoms with Crippen LogP contribution < -0.4 is 0 Å². The van der Waals surface area contributed by atoms with Crippen LogP contribution in [0.5, 0.6) is 0 Å². The van der Waals surface area contributed by atoms with Gasteiger partial charge in [-0.05, 0) is 30.4 Å². The maximum Gasteiger partial charge on any atom is 0.192 e. The highest BCUT2D eigenvalue weighted by atomic mass is 28.4. The van der Waals surface area contributed by atoms with Crippen LogP contribution in [0.3, 0.4) is 0 Å². The standard InChI is InChI=1S/C23H29NOSi/c1-17-19-14-10-11-15-20(19)21(16-25-26(5,6)23(2,3)4)22(24-17)18-12-8-7-9-13-18/h7-15H,16H2,1-6H3. The van der Waals surface area contributed by atoms with E-state index >= 15 is 0 Å².